The number of aromatic nitrogens is 1. The average molecular weight is 294 g/mol. The molecule has 0 fully saturated rings. The highest BCUT2D eigenvalue weighted by atomic mass is 32.1. The molecule has 1 aromatic carbocycles. The first-order valence-electron chi connectivity index (χ1n) is 5.67. The zero-order valence-corrected chi connectivity index (χ0v) is 12.1. The highest BCUT2D eigenvalue weighted by molar-refractivity contribution is 7.19. The van der Waals surface area contributed by atoms with Crippen LogP contribution in [-0.2, 0) is 4.74 Å². The summed E-state index contributed by atoms with van der Waals surface area (Å²) >= 11 is 1.19. The molecule has 0 unspecified atom stereocenters. The minimum atomic E-state index is -0.544. The number of benzene rings is 1. The minimum absolute atomic E-state index is 0.168. The van der Waals surface area contributed by atoms with Gasteiger partial charge in [-0.2, -0.15) is 0 Å². The van der Waals surface area contributed by atoms with E-state index in [9.17, 15) is 4.79 Å². The van der Waals surface area contributed by atoms with Crippen molar-refractivity contribution in [3.05, 3.63) is 23.9 Å². The molecule has 20 heavy (non-hydrogen) atoms. The quantitative estimate of drug-likeness (QED) is 0.870. The molecule has 0 amide bonds. The molecule has 106 valence electrons. The van der Waals surface area contributed by atoms with E-state index in [1.807, 2.05) is 0 Å². The fourth-order valence-electron chi connectivity index (χ4n) is 1.75. The smallest absolute Gasteiger partial charge is 0.358 e. The Labute approximate surface area is 120 Å². The van der Waals surface area contributed by atoms with Gasteiger partial charge in [0.2, 0.25) is 0 Å². The first-order valence-corrected chi connectivity index (χ1v) is 6.49. The average Bonchev–Trinajstić information content (AvgIpc) is 2.87. The summed E-state index contributed by atoms with van der Waals surface area (Å²) in [7, 11) is 4.41. The van der Waals surface area contributed by atoms with E-state index in [0.717, 1.165) is 0 Å². The van der Waals surface area contributed by atoms with Crippen LogP contribution in [-0.4, -0.2) is 32.3 Å². The first kappa shape index (κ1) is 14.1. The standard InChI is InChI=1S/C13H14N2O4S/c1-17-7-4-5-9(18-2)8(6-7)11-10(12(16)19-3)15-13(14)20-11/h4-6H,1-3H3,(H2,14,15). The number of ether oxygens (including phenoxy) is 3. The normalized spacial score (nSPS) is 10.2. The molecule has 1 aromatic heterocycles. The van der Waals surface area contributed by atoms with Crippen molar-refractivity contribution in [2.45, 2.75) is 0 Å². The number of esters is 1. The summed E-state index contributed by atoms with van der Waals surface area (Å²) in [5.74, 6) is 0.695. The Morgan fingerprint density at radius 2 is 2.00 bits per heavy atom. The monoisotopic (exact) mass is 294 g/mol. The van der Waals surface area contributed by atoms with E-state index < -0.39 is 5.97 Å². The number of methoxy groups -OCH3 is 3. The van der Waals surface area contributed by atoms with Gasteiger partial charge in [-0.25, -0.2) is 9.78 Å². The van der Waals surface area contributed by atoms with E-state index in [1.54, 1.807) is 32.4 Å². The molecule has 2 rings (SSSR count). The Morgan fingerprint density at radius 1 is 1.25 bits per heavy atom. The Balaban J connectivity index is 2.63. The number of hydrogen-bond acceptors (Lipinski definition) is 7. The molecule has 0 saturated carbocycles. The third-order valence-corrected chi connectivity index (χ3v) is 3.59. The molecule has 0 bridgehead atoms. The van der Waals surface area contributed by atoms with E-state index in [-0.39, 0.29) is 10.8 Å². The second kappa shape index (κ2) is 5.79. The molecule has 0 saturated heterocycles. The summed E-state index contributed by atoms with van der Waals surface area (Å²) in [6.45, 7) is 0. The van der Waals surface area contributed by atoms with Crippen LogP contribution in [0.4, 0.5) is 5.13 Å². The fraction of sp³-hybridized carbons (Fsp3) is 0.231. The highest BCUT2D eigenvalue weighted by Crippen LogP contribution is 2.39. The van der Waals surface area contributed by atoms with Gasteiger partial charge < -0.3 is 19.9 Å². The number of carbonyl (C=O) groups excluding carboxylic acids is 1. The van der Waals surface area contributed by atoms with Gasteiger partial charge in [0.1, 0.15) is 11.5 Å². The number of anilines is 1. The molecule has 0 spiro atoms. The van der Waals surface area contributed by atoms with Crippen molar-refractivity contribution in [2.75, 3.05) is 27.1 Å². The Hall–Kier alpha value is -2.28. The van der Waals surface area contributed by atoms with Crippen LogP contribution in [0.25, 0.3) is 10.4 Å². The van der Waals surface area contributed by atoms with Gasteiger partial charge >= 0.3 is 5.97 Å². The third-order valence-electron chi connectivity index (χ3n) is 2.67. The lowest BCUT2D eigenvalue weighted by Gasteiger charge is -2.09. The van der Waals surface area contributed by atoms with Crippen molar-refractivity contribution in [2.24, 2.45) is 0 Å². The second-order valence-corrected chi connectivity index (χ2v) is 4.82. The molecule has 2 aromatic rings. The number of nitrogens with two attached hydrogens (primary N) is 1. The maximum atomic E-state index is 11.8. The van der Waals surface area contributed by atoms with E-state index in [2.05, 4.69) is 4.98 Å². The molecule has 1 heterocycles. The van der Waals surface area contributed by atoms with Crippen LogP contribution in [0, 0.1) is 0 Å². The van der Waals surface area contributed by atoms with Crippen molar-refractivity contribution >= 4 is 22.4 Å². The van der Waals surface area contributed by atoms with Crippen molar-refractivity contribution in [1.82, 2.24) is 4.98 Å². The minimum Gasteiger partial charge on any atom is -0.497 e. The highest BCUT2D eigenvalue weighted by Gasteiger charge is 2.22. The van der Waals surface area contributed by atoms with E-state index in [1.165, 1.54) is 18.4 Å². The van der Waals surface area contributed by atoms with Crippen molar-refractivity contribution in [1.29, 1.82) is 0 Å². The number of carbonyl (C=O) groups is 1. The molecule has 0 aliphatic heterocycles. The molecule has 0 aliphatic rings. The van der Waals surface area contributed by atoms with E-state index >= 15 is 0 Å². The number of nitrogens with zero attached hydrogens (tertiary/aromatic N) is 1. The van der Waals surface area contributed by atoms with Crippen LogP contribution in [0.5, 0.6) is 11.5 Å². The lowest BCUT2D eigenvalue weighted by molar-refractivity contribution is 0.0596. The number of hydrogen-bond donors (Lipinski definition) is 1. The third kappa shape index (κ3) is 2.53. The molecule has 0 aliphatic carbocycles. The van der Waals surface area contributed by atoms with Gasteiger partial charge in [-0.3, -0.25) is 0 Å². The predicted octanol–water partition coefficient (Wildman–Crippen LogP) is 2.20. The number of nitrogen functional groups attached to an aromatic ring is 1. The zero-order chi connectivity index (χ0) is 14.7. The van der Waals surface area contributed by atoms with Crippen LogP contribution in [0.15, 0.2) is 18.2 Å². The maximum absolute atomic E-state index is 11.8. The largest absolute Gasteiger partial charge is 0.497 e. The second-order valence-electron chi connectivity index (χ2n) is 3.79. The molecular formula is C13H14N2O4S. The number of thiazole rings is 1. The molecular weight excluding hydrogens is 280 g/mol. The van der Waals surface area contributed by atoms with Gasteiger partial charge in [0.25, 0.3) is 0 Å². The molecule has 6 nitrogen and oxygen atoms in total. The van der Waals surface area contributed by atoms with Crippen LogP contribution < -0.4 is 15.2 Å². The Kier molecular flexibility index (Phi) is 4.09. The van der Waals surface area contributed by atoms with E-state index in [4.69, 9.17) is 19.9 Å². The summed E-state index contributed by atoms with van der Waals surface area (Å²) in [5.41, 5.74) is 6.55. The van der Waals surface area contributed by atoms with Crippen molar-refractivity contribution in [3.8, 4) is 21.9 Å². The van der Waals surface area contributed by atoms with Gasteiger partial charge in [0.05, 0.1) is 26.2 Å². The fourth-order valence-corrected chi connectivity index (χ4v) is 2.59. The predicted molar refractivity (Wildman–Crippen MR) is 76.4 cm³/mol. The van der Waals surface area contributed by atoms with Crippen LogP contribution in [0.2, 0.25) is 0 Å². The first-order chi connectivity index (χ1) is 9.60. The summed E-state index contributed by atoms with van der Waals surface area (Å²) in [6, 6.07) is 5.29. The summed E-state index contributed by atoms with van der Waals surface area (Å²) < 4.78 is 15.2. The summed E-state index contributed by atoms with van der Waals surface area (Å²) in [4.78, 5) is 16.4. The Bertz CT molecular complexity index is 639. The molecule has 0 radical (unpaired) electrons. The van der Waals surface area contributed by atoms with Gasteiger partial charge in [0, 0.05) is 5.56 Å². The zero-order valence-electron chi connectivity index (χ0n) is 11.3. The molecule has 2 N–H and O–H groups in total. The van der Waals surface area contributed by atoms with Crippen molar-refractivity contribution < 1.29 is 19.0 Å². The SMILES string of the molecule is COC(=O)c1nc(N)sc1-c1cc(OC)ccc1OC. The molecule has 0 atom stereocenters. The lowest BCUT2D eigenvalue weighted by atomic mass is 10.1. The van der Waals surface area contributed by atoms with Gasteiger partial charge in [0.15, 0.2) is 10.8 Å². The number of rotatable bonds is 4. The molecule has 7 heteroatoms. The van der Waals surface area contributed by atoms with Crippen LogP contribution in [0.1, 0.15) is 10.5 Å². The van der Waals surface area contributed by atoms with Crippen LogP contribution in [0.3, 0.4) is 0 Å². The maximum Gasteiger partial charge on any atom is 0.358 e. The lowest BCUT2D eigenvalue weighted by Crippen LogP contribution is -2.04. The van der Waals surface area contributed by atoms with Crippen LogP contribution >= 0.6 is 11.3 Å². The summed E-state index contributed by atoms with van der Waals surface area (Å²) in [5, 5.41) is 0.283. The van der Waals surface area contributed by atoms with Gasteiger partial charge in [-0.1, -0.05) is 11.3 Å². The Morgan fingerprint density at radius 3 is 2.60 bits per heavy atom. The van der Waals surface area contributed by atoms with E-state index in [0.29, 0.717) is 21.9 Å². The van der Waals surface area contributed by atoms with Gasteiger partial charge in [-0.15, -0.1) is 0 Å². The van der Waals surface area contributed by atoms with Crippen molar-refractivity contribution in [3.63, 3.8) is 0 Å². The summed E-state index contributed by atoms with van der Waals surface area (Å²) in [6.07, 6.45) is 0. The van der Waals surface area contributed by atoms with Gasteiger partial charge in [-0.05, 0) is 18.2 Å². The topological polar surface area (TPSA) is 83.7 Å².